The van der Waals surface area contributed by atoms with E-state index in [1.165, 1.54) is 0 Å². The number of ether oxygens (including phenoxy) is 4. The molecule has 11 heteroatoms. The predicted molar refractivity (Wildman–Crippen MR) is 80.9 cm³/mol. The van der Waals surface area contributed by atoms with E-state index in [0.29, 0.717) is 0 Å². The molecule has 0 aliphatic heterocycles. The molecular formula is C15H12O11. The van der Waals surface area contributed by atoms with Crippen molar-refractivity contribution in [1.29, 1.82) is 0 Å². The first-order valence-electron chi connectivity index (χ1n) is 6.67. The van der Waals surface area contributed by atoms with Crippen LogP contribution in [0.4, 0.5) is 9.59 Å². The van der Waals surface area contributed by atoms with Gasteiger partial charge >= 0.3 is 12.3 Å². The summed E-state index contributed by atoms with van der Waals surface area (Å²) in [5.41, 5.74) is 0. The maximum absolute atomic E-state index is 11.7. The highest BCUT2D eigenvalue weighted by atomic mass is 16.7. The molecule has 0 fully saturated rings. The first-order valence-corrected chi connectivity index (χ1v) is 6.67. The Morgan fingerprint density at radius 2 is 1.15 bits per heavy atom. The minimum absolute atomic E-state index is 0.310. The zero-order chi connectivity index (χ0) is 19.4. The second kappa shape index (κ2) is 7.25. The summed E-state index contributed by atoms with van der Waals surface area (Å²) in [5.74, 6) is -5.29. The molecule has 0 atom stereocenters. The maximum atomic E-state index is 11.7. The van der Waals surface area contributed by atoms with Gasteiger partial charge in [-0.3, -0.25) is 0 Å². The summed E-state index contributed by atoms with van der Waals surface area (Å²) >= 11 is 0. The molecule has 0 spiro atoms. The van der Waals surface area contributed by atoms with Gasteiger partial charge in [0, 0.05) is 24.3 Å². The third-order valence-electron chi connectivity index (χ3n) is 2.83. The highest BCUT2D eigenvalue weighted by Crippen LogP contribution is 2.41. The van der Waals surface area contributed by atoms with E-state index in [1.807, 2.05) is 0 Å². The molecule has 0 unspecified atom stereocenters. The van der Waals surface area contributed by atoms with E-state index in [9.17, 15) is 35.1 Å². The van der Waals surface area contributed by atoms with Crippen LogP contribution in [0.3, 0.4) is 0 Å². The van der Waals surface area contributed by atoms with Crippen LogP contribution in [-0.2, 0) is 4.74 Å². The summed E-state index contributed by atoms with van der Waals surface area (Å²) in [6, 6.07) is 3.37. The van der Waals surface area contributed by atoms with Crippen LogP contribution in [0.2, 0.25) is 0 Å². The van der Waals surface area contributed by atoms with Gasteiger partial charge in [-0.05, 0) is 0 Å². The number of rotatable bonds is 3. The van der Waals surface area contributed by atoms with Crippen molar-refractivity contribution in [2.75, 3.05) is 7.11 Å². The molecule has 0 radical (unpaired) electrons. The highest BCUT2D eigenvalue weighted by Gasteiger charge is 2.19. The molecular weight excluding hydrogens is 356 g/mol. The maximum Gasteiger partial charge on any atom is 0.519 e. The van der Waals surface area contributed by atoms with Gasteiger partial charge in [-0.15, -0.1) is 0 Å². The fourth-order valence-electron chi connectivity index (χ4n) is 1.69. The van der Waals surface area contributed by atoms with Gasteiger partial charge in [-0.2, -0.15) is 0 Å². The Bertz CT molecular complexity index is 836. The van der Waals surface area contributed by atoms with Crippen molar-refractivity contribution in [3.8, 4) is 46.0 Å². The third-order valence-corrected chi connectivity index (χ3v) is 2.83. The van der Waals surface area contributed by atoms with E-state index < -0.39 is 52.6 Å². The van der Waals surface area contributed by atoms with Crippen LogP contribution >= 0.6 is 0 Å². The molecule has 0 aliphatic rings. The summed E-state index contributed by atoms with van der Waals surface area (Å²) < 4.78 is 18.2. The van der Waals surface area contributed by atoms with E-state index in [0.717, 1.165) is 31.4 Å². The van der Waals surface area contributed by atoms with Crippen molar-refractivity contribution < 1.29 is 54.1 Å². The van der Waals surface area contributed by atoms with Gasteiger partial charge in [0.05, 0.1) is 7.11 Å². The average Bonchev–Trinajstić information content (AvgIpc) is 2.56. The minimum Gasteiger partial charge on any atom is -0.504 e. The Morgan fingerprint density at radius 1 is 0.692 bits per heavy atom. The smallest absolute Gasteiger partial charge is 0.504 e. The second-order valence-corrected chi connectivity index (χ2v) is 4.61. The molecule has 0 saturated carbocycles. The second-order valence-electron chi connectivity index (χ2n) is 4.61. The number of hydrogen-bond acceptors (Lipinski definition) is 11. The van der Waals surface area contributed by atoms with Gasteiger partial charge in [-0.25, -0.2) is 9.59 Å². The fourth-order valence-corrected chi connectivity index (χ4v) is 1.69. The van der Waals surface area contributed by atoms with Crippen LogP contribution in [-0.4, -0.2) is 45.0 Å². The van der Waals surface area contributed by atoms with E-state index in [-0.39, 0.29) is 5.75 Å². The van der Waals surface area contributed by atoms with Crippen molar-refractivity contribution in [2.45, 2.75) is 0 Å². The summed E-state index contributed by atoms with van der Waals surface area (Å²) in [5, 5.41) is 47.1. The van der Waals surface area contributed by atoms with Gasteiger partial charge in [0.2, 0.25) is 11.5 Å². The summed E-state index contributed by atoms with van der Waals surface area (Å²) in [7, 11) is 1.04. The number of aromatic hydroxyl groups is 5. The molecule has 26 heavy (non-hydrogen) atoms. The van der Waals surface area contributed by atoms with Crippen LogP contribution in [0.1, 0.15) is 0 Å². The molecule has 0 aromatic heterocycles. The van der Waals surface area contributed by atoms with Crippen molar-refractivity contribution in [2.24, 2.45) is 0 Å². The topological polar surface area (TPSA) is 172 Å². The lowest BCUT2D eigenvalue weighted by molar-refractivity contribution is 0.121. The number of benzene rings is 2. The Balaban J connectivity index is 2.19. The largest absolute Gasteiger partial charge is 0.519 e. The molecule has 5 N–H and O–H groups in total. The number of methoxy groups -OCH3 is 1. The Kier molecular flexibility index (Phi) is 5.11. The van der Waals surface area contributed by atoms with Crippen LogP contribution in [0, 0.1) is 0 Å². The molecule has 0 bridgehead atoms. The number of carbonyl (C=O) groups is 2. The lowest BCUT2D eigenvalue weighted by Gasteiger charge is -2.10. The predicted octanol–water partition coefficient (Wildman–Crippen LogP) is 1.94. The third kappa shape index (κ3) is 4.08. The van der Waals surface area contributed by atoms with E-state index >= 15 is 0 Å². The molecule has 2 aromatic rings. The molecule has 0 saturated heterocycles. The Hall–Kier alpha value is -4.02. The number of hydrogen-bond donors (Lipinski definition) is 5. The molecule has 0 aliphatic carbocycles. The van der Waals surface area contributed by atoms with Gasteiger partial charge in [0.25, 0.3) is 0 Å². The molecule has 2 rings (SSSR count). The average molecular weight is 368 g/mol. The highest BCUT2D eigenvalue weighted by molar-refractivity contribution is 5.71. The van der Waals surface area contributed by atoms with Crippen LogP contribution in [0.5, 0.6) is 46.0 Å². The number of carbonyl (C=O) groups excluding carboxylic acids is 2. The van der Waals surface area contributed by atoms with Crippen molar-refractivity contribution in [3.05, 3.63) is 24.3 Å². The lowest BCUT2D eigenvalue weighted by Crippen LogP contribution is -2.14. The van der Waals surface area contributed by atoms with E-state index in [1.54, 1.807) is 0 Å². The van der Waals surface area contributed by atoms with Crippen molar-refractivity contribution in [3.63, 3.8) is 0 Å². The van der Waals surface area contributed by atoms with Crippen molar-refractivity contribution in [1.82, 2.24) is 0 Å². The fraction of sp³-hybridized carbons (Fsp3) is 0.0667. The zero-order valence-electron chi connectivity index (χ0n) is 13.0. The van der Waals surface area contributed by atoms with E-state index in [2.05, 4.69) is 18.9 Å². The number of phenols is 5. The summed E-state index contributed by atoms with van der Waals surface area (Å²) in [6.45, 7) is 0. The lowest BCUT2D eigenvalue weighted by atomic mass is 10.2. The molecule has 138 valence electrons. The summed E-state index contributed by atoms with van der Waals surface area (Å²) in [6.07, 6.45) is -2.57. The first kappa shape index (κ1) is 18.3. The quantitative estimate of drug-likeness (QED) is 0.304. The van der Waals surface area contributed by atoms with Gasteiger partial charge in [-0.1, -0.05) is 0 Å². The zero-order valence-corrected chi connectivity index (χ0v) is 13.0. The molecule has 11 nitrogen and oxygen atoms in total. The summed E-state index contributed by atoms with van der Waals surface area (Å²) in [4.78, 5) is 22.8. The molecule has 0 heterocycles. The van der Waals surface area contributed by atoms with Crippen LogP contribution in [0.25, 0.3) is 0 Å². The number of phenolic OH excluding ortho intramolecular Hbond substituents is 5. The molecule has 0 amide bonds. The van der Waals surface area contributed by atoms with Crippen LogP contribution in [0.15, 0.2) is 24.3 Å². The minimum atomic E-state index is -1.44. The van der Waals surface area contributed by atoms with E-state index in [4.69, 9.17) is 0 Å². The van der Waals surface area contributed by atoms with Gasteiger partial charge in [0.15, 0.2) is 23.0 Å². The van der Waals surface area contributed by atoms with Crippen LogP contribution < -0.4 is 14.2 Å². The van der Waals surface area contributed by atoms with Gasteiger partial charge < -0.3 is 44.5 Å². The Morgan fingerprint density at radius 3 is 1.69 bits per heavy atom. The van der Waals surface area contributed by atoms with Gasteiger partial charge in [0.1, 0.15) is 11.5 Å². The Labute approximate surface area is 144 Å². The monoisotopic (exact) mass is 368 g/mol. The normalized spacial score (nSPS) is 10.0. The standard InChI is InChI=1S/C15H12O11/c1-23-14(21)24-7-4-10(18)13(20)11(5-7)26-15(22)25-6-2-8(16)12(19)9(17)3-6/h2-5,16-20H,1H3. The molecule has 2 aromatic carbocycles. The SMILES string of the molecule is COC(=O)Oc1cc(O)c(O)c(OC(=O)Oc2cc(O)c(O)c(O)c2)c1. The first-order chi connectivity index (χ1) is 12.2. The van der Waals surface area contributed by atoms with Crippen molar-refractivity contribution >= 4 is 12.3 Å².